The molecule has 0 aliphatic rings. The van der Waals surface area contributed by atoms with Gasteiger partial charge in [-0.2, -0.15) is 0 Å². The minimum atomic E-state index is -1.10. The van der Waals surface area contributed by atoms with Crippen molar-refractivity contribution < 1.29 is 14.7 Å². The van der Waals surface area contributed by atoms with Crippen LogP contribution in [-0.2, 0) is 9.59 Å². The lowest BCUT2D eigenvalue weighted by Gasteiger charge is -2.19. The van der Waals surface area contributed by atoms with Gasteiger partial charge < -0.3 is 10.8 Å². The van der Waals surface area contributed by atoms with E-state index in [-0.39, 0.29) is 0 Å². The van der Waals surface area contributed by atoms with Crippen molar-refractivity contribution in [3.8, 4) is 0 Å². The van der Waals surface area contributed by atoms with E-state index in [2.05, 4.69) is 4.98 Å². The van der Waals surface area contributed by atoms with E-state index < -0.39 is 24.3 Å². The van der Waals surface area contributed by atoms with Gasteiger partial charge in [0, 0.05) is 13.2 Å². The van der Waals surface area contributed by atoms with Crippen molar-refractivity contribution in [3.63, 3.8) is 0 Å². The monoisotopic (exact) mass is 223 g/mol. The van der Waals surface area contributed by atoms with E-state index in [1.54, 1.807) is 24.4 Å². The van der Waals surface area contributed by atoms with Gasteiger partial charge in [-0.25, -0.2) is 4.98 Å². The Morgan fingerprint density at radius 1 is 1.56 bits per heavy atom. The van der Waals surface area contributed by atoms with E-state index >= 15 is 0 Å². The molecule has 0 bridgehead atoms. The SMILES string of the molecule is CN(C(=O)C(N)CC(=O)O)c1ccccn1. The fraction of sp³-hybridized carbons (Fsp3) is 0.300. The number of aromatic nitrogens is 1. The molecule has 0 radical (unpaired) electrons. The molecule has 0 aliphatic heterocycles. The Kier molecular flexibility index (Phi) is 3.96. The lowest BCUT2D eigenvalue weighted by molar-refractivity contribution is -0.139. The van der Waals surface area contributed by atoms with Crippen molar-refractivity contribution in [3.05, 3.63) is 24.4 Å². The van der Waals surface area contributed by atoms with Crippen LogP contribution in [0.2, 0.25) is 0 Å². The number of carbonyl (C=O) groups is 2. The number of pyridine rings is 1. The van der Waals surface area contributed by atoms with E-state index in [1.807, 2.05) is 0 Å². The first kappa shape index (κ1) is 12.1. The Morgan fingerprint density at radius 3 is 2.75 bits per heavy atom. The van der Waals surface area contributed by atoms with Crippen molar-refractivity contribution >= 4 is 17.7 Å². The zero-order valence-corrected chi connectivity index (χ0v) is 8.83. The predicted molar refractivity (Wildman–Crippen MR) is 57.9 cm³/mol. The van der Waals surface area contributed by atoms with Gasteiger partial charge in [-0.1, -0.05) is 6.07 Å². The molecule has 16 heavy (non-hydrogen) atoms. The molecule has 0 saturated carbocycles. The maximum Gasteiger partial charge on any atom is 0.305 e. The number of nitrogens with zero attached hydrogens (tertiary/aromatic N) is 2. The molecular weight excluding hydrogens is 210 g/mol. The van der Waals surface area contributed by atoms with Gasteiger partial charge in [-0.05, 0) is 12.1 Å². The highest BCUT2D eigenvalue weighted by molar-refractivity contribution is 5.97. The third-order valence-electron chi connectivity index (χ3n) is 2.04. The van der Waals surface area contributed by atoms with Crippen LogP contribution in [0.3, 0.4) is 0 Å². The van der Waals surface area contributed by atoms with E-state index in [4.69, 9.17) is 10.8 Å². The van der Waals surface area contributed by atoms with Gasteiger partial charge in [0.25, 0.3) is 0 Å². The second-order valence-electron chi connectivity index (χ2n) is 3.29. The van der Waals surface area contributed by atoms with Gasteiger partial charge in [-0.3, -0.25) is 14.5 Å². The molecule has 1 aromatic rings. The smallest absolute Gasteiger partial charge is 0.305 e. The van der Waals surface area contributed by atoms with Gasteiger partial charge in [0.05, 0.1) is 12.5 Å². The van der Waals surface area contributed by atoms with Gasteiger partial charge in [0.15, 0.2) is 0 Å². The summed E-state index contributed by atoms with van der Waals surface area (Å²) < 4.78 is 0. The van der Waals surface area contributed by atoms with Gasteiger partial charge in [-0.15, -0.1) is 0 Å². The largest absolute Gasteiger partial charge is 0.481 e. The fourth-order valence-electron chi connectivity index (χ4n) is 1.19. The molecule has 0 saturated heterocycles. The van der Waals surface area contributed by atoms with Crippen LogP contribution in [0.1, 0.15) is 6.42 Å². The molecule has 0 aromatic carbocycles. The van der Waals surface area contributed by atoms with Crippen LogP contribution in [-0.4, -0.2) is 35.1 Å². The number of anilines is 1. The Bertz CT molecular complexity index is 380. The first-order valence-corrected chi connectivity index (χ1v) is 4.68. The Labute approximate surface area is 92.7 Å². The summed E-state index contributed by atoms with van der Waals surface area (Å²) in [5, 5.41) is 8.52. The summed E-state index contributed by atoms with van der Waals surface area (Å²) in [6.07, 6.45) is 1.15. The van der Waals surface area contributed by atoms with Gasteiger partial charge in [0.1, 0.15) is 5.82 Å². The molecule has 1 atom stereocenters. The standard InChI is InChI=1S/C10H13N3O3/c1-13(8-4-2-3-5-12-8)10(16)7(11)6-9(14)15/h2-5,7H,6,11H2,1H3,(H,14,15). The summed E-state index contributed by atoms with van der Waals surface area (Å²) in [5.41, 5.74) is 5.46. The van der Waals surface area contributed by atoms with E-state index in [0.717, 1.165) is 0 Å². The van der Waals surface area contributed by atoms with Crippen molar-refractivity contribution in [1.82, 2.24) is 4.98 Å². The van der Waals surface area contributed by atoms with Crippen LogP contribution < -0.4 is 10.6 Å². The molecule has 86 valence electrons. The first-order valence-electron chi connectivity index (χ1n) is 4.68. The lowest BCUT2D eigenvalue weighted by atomic mass is 10.2. The quantitative estimate of drug-likeness (QED) is 0.739. The maximum absolute atomic E-state index is 11.7. The fourth-order valence-corrected chi connectivity index (χ4v) is 1.19. The second kappa shape index (κ2) is 5.22. The van der Waals surface area contributed by atoms with Crippen molar-refractivity contribution in [2.24, 2.45) is 5.73 Å². The Balaban J connectivity index is 2.71. The molecule has 0 fully saturated rings. The number of hydrogen-bond donors (Lipinski definition) is 2. The predicted octanol–water partition coefficient (Wildman–Crippen LogP) is -0.154. The van der Waals surface area contributed by atoms with Crippen molar-refractivity contribution in [2.75, 3.05) is 11.9 Å². The molecule has 6 heteroatoms. The van der Waals surface area contributed by atoms with Crippen LogP contribution in [0.15, 0.2) is 24.4 Å². The summed E-state index contributed by atoms with van der Waals surface area (Å²) in [7, 11) is 1.51. The number of carboxylic acid groups (broad SMARTS) is 1. The molecule has 1 rings (SSSR count). The number of likely N-dealkylation sites (N-methyl/N-ethyl adjacent to an activating group) is 1. The molecular formula is C10H13N3O3. The van der Waals surface area contributed by atoms with Crippen molar-refractivity contribution in [1.29, 1.82) is 0 Å². The number of aliphatic carboxylic acids is 1. The molecule has 3 N–H and O–H groups in total. The van der Waals surface area contributed by atoms with E-state index in [9.17, 15) is 9.59 Å². The highest BCUT2D eigenvalue weighted by Crippen LogP contribution is 2.08. The van der Waals surface area contributed by atoms with Crippen LogP contribution >= 0.6 is 0 Å². The van der Waals surface area contributed by atoms with Gasteiger partial charge in [0.2, 0.25) is 5.91 Å². The van der Waals surface area contributed by atoms with Crippen LogP contribution in [0.4, 0.5) is 5.82 Å². The number of hydrogen-bond acceptors (Lipinski definition) is 4. The highest BCUT2D eigenvalue weighted by atomic mass is 16.4. The summed E-state index contributed by atoms with van der Waals surface area (Å²) in [5.74, 6) is -1.13. The molecule has 0 aliphatic carbocycles. The average Bonchev–Trinajstić information content (AvgIpc) is 2.27. The second-order valence-corrected chi connectivity index (χ2v) is 3.29. The minimum absolute atomic E-state index is 0.393. The van der Waals surface area contributed by atoms with E-state index in [1.165, 1.54) is 11.9 Å². The molecule has 1 aromatic heterocycles. The lowest BCUT2D eigenvalue weighted by Crippen LogP contribution is -2.43. The normalized spacial score (nSPS) is 11.9. The molecule has 1 amide bonds. The average molecular weight is 223 g/mol. The Hall–Kier alpha value is -1.95. The number of carbonyl (C=O) groups excluding carboxylic acids is 1. The third kappa shape index (κ3) is 3.03. The first-order chi connectivity index (χ1) is 7.52. The molecule has 0 spiro atoms. The van der Waals surface area contributed by atoms with Gasteiger partial charge >= 0.3 is 5.97 Å². The number of amides is 1. The minimum Gasteiger partial charge on any atom is -0.481 e. The maximum atomic E-state index is 11.7. The molecule has 1 unspecified atom stereocenters. The van der Waals surface area contributed by atoms with E-state index in [0.29, 0.717) is 5.82 Å². The topological polar surface area (TPSA) is 96.5 Å². The van der Waals surface area contributed by atoms with Crippen molar-refractivity contribution in [2.45, 2.75) is 12.5 Å². The van der Waals surface area contributed by atoms with Crippen LogP contribution in [0, 0.1) is 0 Å². The molecule has 1 heterocycles. The summed E-state index contributed by atoms with van der Waals surface area (Å²) in [6, 6.07) is 4.05. The summed E-state index contributed by atoms with van der Waals surface area (Å²) in [6.45, 7) is 0. The van der Waals surface area contributed by atoms with Crippen LogP contribution in [0.25, 0.3) is 0 Å². The zero-order chi connectivity index (χ0) is 12.1. The number of nitrogens with two attached hydrogens (primary N) is 1. The number of carboxylic acids is 1. The van der Waals surface area contributed by atoms with Crippen LogP contribution in [0.5, 0.6) is 0 Å². The summed E-state index contributed by atoms with van der Waals surface area (Å²) >= 11 is 0. The Morgan fingerprint density at radius 2 is 2.25 bits per heavy atom. The zero-order valence-electron chi connectivity index (χ0n) is 8.83. The highest BCUT2D eigenvalue weighted by Gasteiger charge is 2.21. The third-order valence-corrected chi connectivity index (χ3v) is 2.04. The molecule has 6 nitrogen and oxygen atoms in total. The summed E-state index contributed by atoms with van der Waals surface area (Å²) in [4.78, 5) is 27.3. The number of rotatable bonds is 4.